The van der Waals surface area contributed by atoms with E-state index >= 15 is 0 Å². The highest BCUT2D eigenvalue weighted by Gasteiger charge is 2.46. The Bertz CT molecular complexity index is 621. The lowest BCUT2D eigenvalue weighted by atomic mass is 10.0. The van der Waals surface area contributed by atoms with Gasteiger partial charge in [-0.3, -0.25) is 0 Å². The van der Waals surface area contributed by atoms with Gasteiger partial charge in [-0.1, -0.05) is 29.3 Å². The summed E-state index contributed by atoms with van der Waals surface area (Å²) in [6.07, 6.45) is 3.17. The number of fused-ring (bicyclic) bond motifs is 2. The normalized spacial score (nSPS) is 30.6. The summed E-state index contributed by atoms with van der Waals surface area (Å²) >= 11 is 12.0. The standard InChI is InChI=1S/C13H16Cl2N2O2S/c14-11-2-1-3-12(13(11)15)20(18,19)17-9-4-5-10(17)7-8(16)6-9/h1-3,8-10H,4-7,16H2. The van der Waals surface area contributed by atoms with Crippen molar-refractivity contribution in [2.45, 2.75) is 48.7 Å². The van der Waals surface area contributed by atoms with Crippen molar-refractivity contribution in [1.82, 2.24) is 4.31 Å². The number of nitrogens with zero attached hydrogens (tertiary/aromatic N) is 1. The first-order valence-electron chi connectivity index (χ1n) is 6.64. The molecule has 2 fully saturated rings. The van der Waals surface area contributed by atoms with Crippen molar-refractivity contribution in [3.8, 4) is 0 Å². The molecule has 7 heteroatoms. The van der Waals surface area contributed by atoms with Crippen LogP contribution in [0.15, 0.2) is 23.1 Å². The van der Waals surface area contributed by atoms with E-state index in [0.29, 0.717) is 12.8 Å². The van der Waals surface area contributed by atoms with Crippen molar-refractivity contribution >= 4 is 33.2 Å². The van der Waals surface area contributed by atoms with Crippen LogP contribution in [0.5, 0.6) is 0 Å². The molecule has 2 bridgehead atoms. The molecule has 1 aromatic carbocycles. The predicted octanol–water partition coefficient (Wildman–Crippen LogP) is 2.64. The smallest absolute Gasteiger partial charge is 0.245 e. The van der Waals surface area contributed by atoms with E-state index in [-0.39, 0.29) is 33.1 Å². The van der Waals surface area contributed by atoms with E-state index < -0.39 is 10.0 Å². The van der Waals surface area contributed by atoms with Crippen LogP contribution in [0.2, 0.25) is 10.0 Å². The summed E-state index contributed by atoms with van der Waals surface area (Å²) < 4.78 is 27.3. The van der Waals surface area contributed by atoms with Gasteiger partial charge >= 0.3 is 0 Å². The first-order chi connectivity index (χ1) is 9.41. The van der Waals surface area contributed by atoms with Gasteiger partial charge in [-0.2, -0.15) is 4.31 Å². The first-order valence-corrected chi connectivity index (χ1v) is 8.84. The fourth-order valence-corrected chi connectivity index (χ4v) is 6.00. The number of piperidine rings is 1. The second-order valence-corrected chi connectivity index (χ2v) is 8.10. The minimum absolute atomic E-state index is 0.0104. The topological polar surface area (TPSA) is 63.4 Å². The second kappa shape index (κ2) is 5.14. The largest absolute Gasteiger partial charge is 0.328 e. The first kappa shape index (κ1) is 14.6. The predicted molar refractivity (Wildman–Crippen MR) is 79.5 cm³/mol. The number of benzene rings is 1. The molecule has 2 aliphatic heterocycles. The molecule has 110 valence electrons. The van der Waals surface area contributed by atoms with Crippen LogP contribution in [-0.2, 0) is 10.0 Å². The van der Waals surface area contributed by atoms with Crippen molar-refractivity contribution in [3.63, 3.8) is 0 Å². The number of rotatable bonds is 2. The number of nitrogens with two attached hydrogens (primary N) is 1. The van der Waals surface area contributed by atoms with Crippen molar-refractivity contribution in [3.05, 3.63) is 28.2 Å². The molecule has 2 atom stereocenters. The van der Waals surface area contributed by atoms with Crippen LogP contribution in [0, 0.1) is 0 Å². The summed E-state index contributed by atoms with van der Waals surface area (Å²) in [5.41, 5.74) is 5.99. The molecule has 0 radical (unpaired) electrons. The number of hydrogen-bond donors (Lipinski definition) is 1. The third kappa shape index (κ3) is 2.25. The van der Waals surface area contributed by atoms with Gasteiger partial charge in [0.25, 0.3) is 0 Å². The Kier molecular flexibility index (Phi) is 3.75. The lowest BCUT2D eigenvalue weighted by molar-refractivity contribution is 0.227. The van der Waals surface area contributed by atoms with Crippen molar-refractivity contribution in [1.29, 1.82) is 0 Å². The zero-order valence-electron chi connectivity index (χ0n) is 10.8. The van der Waals surface area contributed by atoms with E-state index in [9.17, 15) is 8.42 Å². The number of sulfonamides is 1. The summed E-state index contributed by atoms with van der Waals surface area (Å²) in [4.78, 5) is 0.0963. The molecule has 2 aliphatic rings. The Morgan fingerprint density at radius 1 is 1.15 bits per heavy atom. The highest BCUT2D eigenvalue weighted by atomic mass is 35.5. The van der Waals surface area contributed by atoms with Crippen LogP contribution in [0.3, 0.4) is 0 Å². The van der Waals surface area contributed by atoms with Gasteiger partial charge in [0.05, 0.1) is 10.0 Å². The van der Waals surface area contributed by atoms with Gasteiger partial charge in [0.1, 0.15) is 4.90 Å². The maximum Gasteiger partial charge on any atom is 0.245 e. The molecule has 0 aromatic heterocycles. The molecular weight excluding hydrogens is 319 g/mol. The molecule has 2 saturated heterocycles. The Morgan fingerprint density at radius 3 is 2.35 bits per heavy atom. The van der Waals surface area contributed by atoms with Gasteiger partial charge in [-0.05, 0) is 37.8 Å². The SMILES string of the molecule is NC1CC2CCC(C1)N2S(=O)(=O)c1cccc(Cl)c1Cl. The minimum Gasteiger partial charge on any atom is -0.328 e. The molecule has 20 heavy (non-hydrogen) atoms. The zero-order valence-corrected chi connectivity index (χ0v) is 13.1. The van der Waals surface area contributed by atoms with Gasteiger partial charge < -0.3 is 5.73 Å². The average Bonchev–Trinajstić information content (AvgIpc) is 2.66. The number of hydrogen-bond acceptors (Lipinski definition) is 3. The van der Waals surface area contributed by atoms with E-state index in [4.69, 9.17) is 28.9 Å². The summed E-state index contributed by atoms with van der Waals surface area (Å²) in [5.74, 6) is 0. The third-order valence-electron chi connectivity index (χ3n) is 4.17. The molecular formula is C13H16Cl2N2O2S. The van der Waals surface area contributed by atoms with E-state index in [1.807, 2.05) is 0 Å². The highest BCUT2D eigenvalue weighted by molar-refractivity contribution is 7.89. The van der Waals surface area contributed by atoms with E-state index in [1.165, 1.54) is 6.07 Å². The van der Waals surface area contributed by atoms with Crippen molar-refractivity contribution < 1.29 is 8.42 Å². The lowest BCUT2D eigenvalue weighted by Crippen LogP contribution is -2.50. The van der Waals surface area contributed by atoms with Crippen molar-refractivity contribution in [2.24, 2.45) is 5.73 Å². The van der Waals surface area contributed by atoms with Crippen LogP contribution in [-0.4, -0.2) is 30.8 Å². The van der Waals surface area contributed by atoms with E-state index in [1.54, 1.807) is 16.4 Å². The Labute approximate surface area is 128 Å². The molecule has 2 heterocycles. The summed E-state index contributed by atoms with van der Waals surface area (Å²) in [5, 5.41) is 0.359. The van der Waals surface area contributed by atoms with Crippen LogP contribution >= 0.6 is 23.2 Å². The minimum atomic E-state index is -3.61. The van der Waals surface area contributed by atoms with Gasteiger partial charge in [0.15, 0.2) is 0 Å². The molecule has 2 unspecified atom stereocenters. The third-order valence-corrected chi connectivity index (χ3v) is 7.15. The Morgan fingerprint density at radius 2 is 1.75 bits per heavy atom. The molecule has 0 amide bonds. The summed E-state index contributed by atoms with van der Waals surface area (Å²) in [7, 11) is -3.61. The molecule has 1 aromatic rings. The fraction of sp³-hybridized carbons (Fsp3) is 0.538. The van der Waals surface area contributed by atoms with Gasteiger partial charge in [-0.25, -0.2) is 8.42 Å². The molecule has 4 nitrogen and oxygen atoms in total. The van der Waals surface area contributed by atoms with Crippen LogP contribution in [0.25, 0.3) is 0 Å². The van der Waals surface area contributed by atoms with Crippen LogP contribution in [0.4, 0.5) is 0 Å². The summed E-state index contributed by atoms with van der Waals surface area (Å²) in [6, 6.07) is 4.78. The van der Waals surface area contributed by atoms with E-state index in [0.717, 1.165) is 12.8 Å². The molecule has 0 aliphatic carbocycles. The van der Waals surface area contributed by atoms with E-state index in [2.05, 4.69) is 0 Å². The second-order valence-electron chi connectivity index (χ2n) is 5.50. The maximum atomic E-state index is 12.9. The van der Waals surface area contributed by atoms with Crippen LogP contribution < -0.4 is 5.73 Å². The van der Waals surface area contributed by atoms with Crippen LogP contribution in [0.1, 0.15) is 25.7 Å². The average molecular weight is 335 g/mol. The van der Waals surface area contributed by atoms with Gasteiger partial charge in [0.2, 0.25) is 10.0 Å². The zero-order chi connectivity index (χ0) is 14.5. The van der Waals surface area contributed by atoms with Gasteiger partial charge in [0, 0.05) is 18.1 Å². The Balaban J connectivity index is 2.03. The molecule has 2 N–H and O–H groups in total. The molecule has 0 saturated carbocycles. The number of halogens is 2. The van der Waals surface area contributed by atoms with Crippen molar-refractivity contribution in [2.75, 3.05) is 0 Å². The monoisotopic (exact) mass is 334 g/mol. The molecule has 3 rings (SSSR count). The molecule has 0 spiro atoms. The Hall–Kier alpha value is -0.330. The maximum absolute atomic E-state index is 12.9. The van der Waals surface area contributed by atoms with Gasteiger partial charge in [-0.15, -0.1) is 0 Å². The lowest BCUT2D eigenvalue weighted by Gasteiger charge is -2.36. The summed E-state index contributed by atoms with van der Waals surface area (Å²) in [6.45, 7) is 0. The highest BCUT2D eigenvalue weighted by Crippen LogP contribution is 2.41. The fourth-order valence-electron chi connectivity index (χ4n) is 3.37. The quantitative estimate of drug-likeness (QED) is 0.904.